The van der Waals surface area contributed by atoms with Crippen LogP contribution in [-0.2, 0) is 6.54 Å². The van der Waals surface area contributed by atoms with E-state index in [4.69, 9.17) is 4.42 Å². The van der Waals surface area contributed by atoms with Gasteiger partial charge in [0.15, 0.2) is 0 Å². The molecule has 0 fully saturated rings. The summed E-state index contributed by atoms with van der Waals surface area (Å²) < 4.78 is 13.3. The van der Waals surface area contributed by atoms with E-state index in [0.717, 1.165) is 106 Å². The van der Waals surface area contributed by atoms with Gasteiger partial charge in [-0.15, -0.1) is 0 Å². The molecule has 0 unspecified atom stereocenters. The van der Waals surface area contributed by atoms with Gasteiger partial charge >= 0.3 is 5.63 Å². The maximum atomic E-state index is 13.7. The van der Waals surface area contributed by atoms with Crippen LogP contribution >= 0.6 is 0 Å². The lowest BCUT2D eigenvalue weighted by Gasteiger charge is -2.24. The predicted molar refractivity (Wildman–Crippen MR) is 328 cm³/mol. The molecule has 0 aliphatic rings. The number of nitrogens with zero attached hydrogens (tertiary/aromatic N) is 4. The third-order valence-electron chi connectivity index (χ3n) is 16.2. The molecule has 0 atom stereocenters. The first-order valence-electron chi connectivity index (χ1n) is 27.7. The zero-order valence-corrected chi connectivity index (χ0v) is 44.0. The second kappa shape index (κ2) is 19.6. The summed E-state index contributed by atoms with van der Waals surface area (Å²) in [5, 5.41) is 8.30. The highest BCUT2D eigenvalue weighted by Gasteiger charge is 2.19. The van der Waals surface area contributed by atoms with Crippen LogP contribution in [0.1, 0.15) is 45.1 Å². The van der Waals surface area contributed by atoms with Crippen LogP contribution in [0, 0.1) is 0 Å². The molecule has 10 aromatic carbocycles. The Morgan fingerprint density at radius 3 is 1.51 bits per heavy atom. The Balaban J connectivity index is 0.847. The fraction of sp³-hybridized carbons (Fsp3) is 0.125. The number of aromatic nitrogens is 3. The van der Waals surface area contributed by atoms with Gasteiger partial charge in [0.2, 0.25) is 0 Å². The van der Waals surface area contributed by atoms with Crippen molar-refractivity contribution in [3.63, 3.8) is 0 Å². The fourth-order valence-corrected chi connectivity index (χ4v) is 12.2. The van der Waals surface area contributed by atoms with Crippen molar-refractivity contribution in [3.05, 3.63) is 247 Å². The third-order valence-corrected chi connectivity index (χ3v) is 16.2. The molecule has 378 valence electrons. The molecule has 0 spiro atoms. The van der Waals surface area contributed by atoms with E-state index in [9.17, 15) is 4.79 Å². The van der Waals surface area contributed by atoms with Crippen molar-refractivity contribution in [1.29, 1.82) is 0 Å². The minimum atomic E-state index is -0.322. The van der Waals surface area contributed by atoms with E-state index in [2.05, 4.69) is 251 Å². The lowest BCUT2D eigenvalue weighted by atomic mass is 9.99. The Kier molecular flexibility index (Phi) is 11.9. The van der Waals surface area contributed by atoms with Crippen LogP contribution in [0.25, 0.3) is 121 Å². The Labute approximate surface area is 453 Å². The monoisotopic (exact) mass is 1010 g/mol. The summed E-state index contributed by atoms with van der Waals surface area (Å²) in [5.74, 6) is 0. The molecule has 78 heavy (non-hydrogen) atoms. The predicted octanol–water partition coefficient (Wildman–Crippen LogP) is 18.6. The molecule has 0 amide bonds. The van der Waals surface area contributed by atoms with E-state index in [-0.39, 0.29) is 5.63 Å². The molecule has 0 bridgehead atoms. The van der Waals surface area contributed by atoms with Crippen LogP contribution < -0.4 is 10.5 Å². The number of anilines is 1. The summed E-state index contributed by atoms with van der Waals surface area (Å²) in [6.07, 6.45) is 4.53. The molecule has 0 saturated carbocycles. The molecule has 0 N–H and O–H groups in total. The largest absolute Gasteiger partial charge is 0.422 e. The molecule has 4 heterocycles. The van der Waals surface area contributed by atoms with E-state index >= 15 is 0 Å². The van der Waals surface area contributed by atoms with Crippen molar-refractivity contribution in [2.24, 2.45) is 0 Å². The van der Waals surface area contributed by atoms with E-state index in [0.29, 0.717) is 17.7 Å². The van der Waals surface area contributed by atoms with Gasteiger partial charge in [-0.1, -0.05) is 160 Å². The van der Waals surface area contributed by atoms with Gasteiger partial charge in [-0.05, 0) is 137 Å². The minimum Gasteiger partial charge on any atom is -0.422 e. The maximum absolute atomic E-state index is 13.7. The molecule has 14 rings (SSSR count). The minimum absolute atomic E-state index is 0.322. The van der Waals surface area contributed by atoms with Crippen LogP contribution in [0.2, 0.25) is 0 Å². The van der Waals surface area contributed by atoms with Crippen molar-refractivity contribution in [1.82, 2.24) is 13.7 Å². The maximum Gasteiger partial charge on any atom is 0.344 e. The van der Waals surface area contributed by atoms with E-state index < -0.39 is 0 Å². The lowest BCUT2D eigenvalue weighted by Crippen LogP contribution is -2.25. The first kappa shape index (κ1) is 47.1. The van der Waals surface area contributed by atoms with Gasteiger partial charge in [-0.25, -0.2) is 4.79 Å². The van der Waals surface area contributed by atoms with Gasteiger partial charge in [-0.3, -0.25) is 0 Å². The second-order valence-electron chi connectivity index (χ2n) is 20.9. The van der Waals surface area contributed by atoms with Gasteiger partial charge in [0, 0.05) is 91.5 Å². The zero-order chi connectivity index (χ0) is 52.3. The zero-order valence-electron chi connectivity index (χ0n) is 44.0. The number of para-hydroxylation sites is 4. The second-order valence-corrected chi connectivity index (χ2v) is 20.9. The number of fused-ring (bicyclic) bond motifs is 10. The van der Waals surface area contributed by atoms with Gasteiger partial charge in [-0.2, -0.15) is 0 Å². The van der Waals surface area contributed by atoms with Crippen LogP contribution in [0.3, 0.4) is 0 Å². The highest BCUT2D eigenvalue weighted by molar-refractivity contribution is 6.13. The molecular formula is C72H58N4O2. The summed E-state index contributed by atoms with van der Waals surface area (Å²) >= 11 is 0. The van der Waals surface area contributed by atoms with Crippen molar-refractivity contribution < 1.29 is 4.42 Å². The Bertz CT molecular complexity index is 4570. The first-order chi connectivity index (χ1) is 38.5. The highest BCUT2D eigenvalue weighted by atomic mass is 16.4. The molecule has 0 aliphatic carbocycles. The molecule has 6 nitrogen and oxygen atoms in total. The number of rotatable bonds is 14. The highest BCUT2D eigenvalue weighted by Crippen LogP contribution is 2.40. The van der Waals surface area contributed by atoms with Crippen molar-refractivity contribution >= 4 is 82.1 Å². The Morgan fingerprint density at radius 2 is 0.897 bits per heavy atom. The van der Waals surface area contributed by atoms with E-state index in [1.165, 1.54) is 54.4 Å². The van der Waals surface area contributed by atoms with Crippen molar-refractivity contribution in [3.8, 4) is 44.8 Å². The van der Waals surface area contributed by atoms with Crippen LogP contribution in [-0.4, -0.2) is 26.8 Å². The quantitative estimate of drug-likeness (QED) is 0.102. The number of hydrogen-bond donors (Lipinski definition) is 0. The van der Waals surface area contributed by atoms with E-state index in [1.54, 1.807) is 0 Å². The van der Waals surface area contributed by atoms with Crippen LogP contribution in [0.5, 0.6) is 0 Å². The summed E-state index contributed by atoms with van der Waals surface area (Å²) in [4.78, 5) is 16.1. The summed E-state index contributed by atoms with van der Waals surface area (Å²) in [6.45, 7) is 7.09. The molecule has 6 heteroatoms. The van der Waals surface area contributed by atoms with Gasteiger partial charge in [0.1, 0.15) is 5.58 Å². The van der Waals surface area contributed by atoms with Crippen molar-refractivity contribution in [2.45, 2.75) is 46.1 Å². The van der Waals surface area contributed by atoms with Gasteiger partial charge in [0.05, 0.1) is 27.6 Å². The SMILES string of the molecule is CCCCN(CCCC)c1ccc2cc(-c3ccc(Cn4c5ccc(-c6ccc(-n7c8ccccc8c8ccccc87)cc6)cc5c5cc(-c6ccc7c8ccccc8n(-c8ccccc8)c7c6)ccc54)cc3)c(=O)oc2c1. The summed E-state index contributed by atoms with van der Waals surface area (Å²) in [6, 6.07) is 83.3. The van der Waals surface area contributed by atoms with E-state index in [1.807, 2.05) is 12.1 Å². The molecule has 0 aliphatic heterocycles. The topological polar surface area (TPSA) is 48.2 Å². The molecule has 0 saturated heterocycles. The van der Waals surface area contributed by atoms with Crippen molar-refractivity contribution in [2.75, 3.05) is 18.0 Å². The van der Waals surface area contributed by atoms with Gasteiger partial charge < -0.3 is 23.0 Å². The molecule has 4 aromatic heterocycles. The molecule has 0 radical (unpaired) electrons. The number of benzene rings is 10. The average molecular weight is 1010 g/mol. The van der Waals surface area contributed by atoms with Gasteiger partial charge in [0.25, 0.3) is 0 Å². The molecular weight excluding hydrogens is 953 g/mol. The fourth-order valence-electron chi connectivity index (χ4n) is 12.2. The number of unbranched alkanes of at least 4 members (excludes halogenated alkanes) is 2. The Morgan fingerprint density at radius 1 is 0.397 bits per heavy atom. The molecule has 14 aromatic rings. The van der Waals surface area contributed by atoms with Crippen LogP contribution in [0.4, 0.5) is 5.69 Å². The van der Waals surface area contributed by atoms with Crippen LogP contribution in [0.15, 0.2) is 240 Å². The Hall–Kier alpha value is -9.39. The summed E-state index contributed by atoms with van der Waals surface area (Å²) in [5.41, 5.74) is 18.0. The average Bonchev–Trinajstić information content (AvgIpc) is 4.35. The third kappa shape index (κ3) is 8.15. The first-order valence-corrected chi connectivity index (χ1v) is 27.7. The lowest BCUT2D eigenvalue weighted by molar-refractivity contribution is 0.563. The normalized spacial score (nSPS) is 11.9. The standard InChI is InChI=1S/C72H58N4O2/c1-3-5-40-73(41-6-4-2)57-36-30-54-44-62(72(77)78-71(54)46-57)50-26-24-48(25-27-50)47-74-65-38-32-51(49-28-34-56(35-29-49)75-67-21-13-10-18-58(67)59-19-11-14-22-68(59)75)42-63(65)64-43-52(33-39-66(64)74)53-31-37-61-60-20-12-15-23-69(60)76(70(61)45-53)55-16-8-7-9-17-55/h7-39,42-46H,3-6,40-41,47H2,1-2H3. The summed E-state index contributed by atoms with van der Waals surface area (Å²) in [7, 11) is 0. The smallest absolute Gasteiger partial charge is 0.344 e. The number of hydrogen-bond acceptors (Lipinski definition) is 3.